The molecule has 0 amide bonds. The molecule has 0 aliphatic carbocycles. The number of pyridine rings is 1. The molecule has 1 aromatic carbocycles. The molecule has 0 aliphatic heterocycles. The van der Waals surface area contributed by atoms with E-state index in [-0.39, 0.29) is 0 Å². The molecule has 2 nitrogen and oxygen atoms in total. The molecule has 1 aromatic heterocycles. The van der Waals surface area contributed by atoms with Gasteiger partial charge in [-0.05, 0) is 17.7 Å². The largest absolute Gasteiger partial charge is 0.390 e. The van der Waals surface area contributed by atoms with Crippen molar-refractivity contribution < 1.29 is 13.2 Å². The fraction of sp³-hybridized carbons (Fsp3) is 0.250. The Balaban J connectivity index is 2.30. The smallest absolute Gasteiger partial charge is 0.324 e. The number of benzene rings is 1. The lowest BCUT2D eigenvalue weighted by Crippen LogP contribution is -2.20. The van der Waals surface area contributed by atoms with Crippen molar-refractivity contribution in [3.63, 3.8) is 0 Å². The molecule has 0 bridgehead atoms. The second-order valence-electron chi connectivity index (χ2n) is 3.88. The predicted molar refractivity (Wildman–Crippen MR) is 59.3 cm³/mol. The van der Waals surface area contributed by atoms with E-state index in [4.69, 9.17) is 5.73 Å². The summed E-state index contributed by atoms with van der Waals surface area (Å²) in [6.07, 6.45) is -3.68. The van der Waals surface area contributed by atoms with Gasteiger partial charge in [0.05, 0.1) is 11.9 Å². The molecular weight excluding hydrogens is 229 g/mol. The van der Waals surface area contributed by atoms with Gasteiger partial charge in [0.1, 0.15) is 0 Å². The molecule has 1 heterocycles. The number of alkyl halides is 3. The topological polar surface area (TPSA) is 38.9 Å². The highest BCUT2D eigenvalue weighted by Crippen LogP contribution is 2.28. The van der Waals surface area contributed by atoms with Crippen molar-refractivity contribution in [2.45, 2.75) is 18.6 Å². The van der Waals surface area contributed by atoms with Crippen molar-refractivity contribution in [1.82, 2.24) is 4.98 Å². The van der Waals surface area contributed by atoms with Crippen LogP contribution in [0, 0.1) is 0 Å². The van der Waals surface area contributed by atoms with Crippen LogP contribution in [0.25, 0.3) is 10.9 Å². The molecule has 0 spiro atoms. The Bertz CT molecular complexity index is 522. The number of nitrogens with two attached hydrogens (primary N) is 1. The maximum absolute atomic E-state index is 12.2. The molecule has 17 heavy (non-hydrogen) atoms. The molecule has 0 saturated heterocycles. The van der Waals surface area contributed by atoms with E-state index in [1.54, 1.807) is 30.5 Å². The van der Waals surface area contributed by atoms with Crippen LogP contribution < -0.4 is 5.73 Å². The van der Waals surface area contributed by atoms with Crippen LogP contribution in [0.5, 0.6) is 0 Å². The highest BCUT2D eigenvalue weighted by Gasteiger charge is 2.30. The molecule has 0 aliphatic rings. The number of halogens is 3. The Hall–Kier alpha value is -1.62. The van der Waals surface area contributed by atoms with Gasteiger partial charge in [-0.2, -0.15) is 13.2 Å². The Morgan fingerprint density at radius 2 is 2.00 bits per heavy atom. The summed E-state index contributed by atoms with van der Waals surface area (Å²) in [4.78, 5) is 4.08. The van der Waals surface area contributed by atoms with E-state index < -0.39 is 18.6 Å². The quantitative estimate of drug-likeness (QED) is 0.875. The van der Waals surface area contributed by atoms with E-state index in [1.807, 2.05) is 6.07 Å². The highest BCUT2D eigenvalue weighted by molar-refractivity contribution is 5.78. The zero-order valence-corrected chi connectivity index (χ0v) is 8.91. The van der Waals surface area contributed by atoms with Crippen LogP contribution >= 0.6 is 0 Å². The average molecular weight is 240 g/mol. The standard InChI is InChI=1S/C12H11F3N2/c13-12(14,15)7-10(16)9-4-3-8-2-1-5-17-11(8)6-9/h1-6,10H,7,16H2. The first kappa shape index (κ1) is 11.9. The van der Waals surface area contributed by atoms with E-state index >= 15 is 0 Å². The Morgan fingerprint density at radius 1 is 1.24 bits per heavy atom. The first-order valence-electron chi connectivity index (χ1n) is 5.13. The number of nitrogens with zero attached hydrogens (tertiary/aromatic N) is 1. The van der Waals surface area contributed by atoms with Crippen LogP contribution in [0.15, 0.2) is 36.5 Å². The third-order valence-corrected chi connectivity index (χ3v) is 2.51. The van der Waals surface area contributed by atoms with E-state index in [9.17, 15) is 13.2 Å². The number of rotatable bonds is 2. The van der Waals surface area contributed by atoms with Crippen molar-refractivity contribution in [3.05, 3.63) is 42.1 Å². The van der Waals surface area contributed by atoms with Gasteiger partial charge in [0, 0.05) is 17.6 Å². The molecule has 0 saturated carbocycles. The first-order chi connectivity index (χ1) is 7.96. The minimum Gasteiger partial charge on any atom is -0.324 e. The van der Waals surface area contributed by atoms with Crippen LogP contribution in [0.1, 0.15) is 18.0 Å². The summed E-state index contributed by atoms with van der Waals surface area (Å²) < 4.78 is 36.6. The van der Waals surface area contributed by atoms with Crippen LogP contribution in [0.4, 0.5) is 13.2 Å². The van der Waals surface area contributed by atoms with Gasteiger partial charge in [-0.15, -0.1) is 0 Å². The molecule has 2 aromatic rings. The normalized spacial score (nSPS) is 13.9. The van der Waals surface area contributed by atoms with Crippen LogP contribution in [0.3, 0.4) is 0 Å². The summed E-state index contributed by atoms with van der Waals surface area (Å²) in [6.45, 7) is 0. The third kappa shape index (κ3) is 2.94. The number of hydrogen-bond donors (Lipinski definition) is 1. The maximum atomic E-state index is 12.2. The average Bonchev–Trinajstić information content (AvgIpc) is 2.26. The molecule has 2 rings (SSSR count). The second-order valence-corrected chi connectivity index (χ2v) is 3.88. The highest BCUT2D eigenvalue weighted by atomic mass is 19.4. The van der Waals surface area contributed by atoms with Gasteiger partial charge in [-0.25, -0.2) is 0 Å². The van der Waals surface area contributed by atoms with Gasteiger partial charge >= 0.3 is 6.18 Å². The molecule has 2 N–H and O–H groups in total. The van der Waals surface area contributed by atoms with Crippen LogP contribution in [-0.4, -0.2) is 11.2 Å². The van der Waals surface area contributed by atoms with Crippen molar-refractivity contribution in [1.29, 1.82) is 0 Å². The lowest BCUT2D eigenvalue weighted by Gasteiger charge is -2.14. The molecule has 1 atom stereocenters. The molecule has 5 heteroatoms. The van der Waals surface area contributed by atoms with Gasteiger partial charge in [-0.3, -0.25) is 4.98 Å². The number of aromatic nitrogens is 1. The Morgan fingerprint density at radius 3 is 2.71 bits per heavy atom. The number of fused-ring (bicyclic) bond motifs is 1. The molecule has 1 unspecified atom stereocenters. The van der Waals surface area contributed by atoms with Crippen molar-refractivity contribution >= 4 is 10.9 Å². The number of hydrogen-bond acceptors (Lipinski definition) is 2. The summed E-state index contributed by atoms with van der Waals surface area (Å²) in [5.41, 5.74) is 6.63. The Kier molecular flexibility index (Phi) is 3.02. The molecule has 90 valence electrons. The Labute approximate surface area is 96.3 Å². The van der Waals surface area contributed by atoms with E-state index in [1.165, 1.54) is 0 Å². The van der Waals surface area contributed by atoms with Gasteiger partial charge in [0.15, 0.2) is 0 Å². The van der Waals surface area contributed by atoms with E-state index in [0.717, 1.165) is 5.39 Å². The maximum Gasteiger partial charge on any atom is 0.390 e. The summed E-state index contributed by atoms with van der Waals surface area (Å²) in [5.74, 6) is 0. The zero-order chi connectivity index (χ0) is 12.5. The van der Waals surface area contributed by atoms with Gasteiger partial charge in [0.25, 0.3) is 0 Å². The zero-order valence-electron chi connectivity index (χ0n) is 8.91. The van der Waals surface area contributed by atoms with Gasteiger partial charge < -0.3 is 5.73 Å². The van der Waals surface area contributed by atoms with Crippen molar-refractivity contribution in [2.75, 3.05) is 0 Å². The van der Waals surface area contributed by atoms with Crippen LogP contribution in [0.2, 0.25) is 0 Å². The SMILES string of the molecule is NC(CC(F)(F)F)c1ccc2cccnc2c1. The summed E-state index contributed by atoms with van der Waals surface area (Å²) in [6, 6.07) is 7.53. The molecular formula is C12H11F3N2. The lowest BCUT2D eigenvalue weighted by atomic mass is 10.0. The third-order valence-electron chi connectivity index (χ3n) is 2.51. The minimum absolute atomic E-state index is 0.452. The monoisotopic (exact) mass is 240 g/mol. The van der Waals surface area contributed by atoms with Crippen molar-refractivity contribution in [2.24, 2.45) is 5.73 Å². The summed E-state index contributed by atoms with van der Waals surface area (Å²) >= 11 is 0. The summed E-state index contributed by atoms with van der Waals surface area (Å²) in [5, 5.41) is 0.885. The van der Waals surface area contributed by atoms with E-state index in [2.05, 4.69) is 4.98 Å². The minimum atomic E-state index is -4.25. The van der Waals surface area contributed by atoms with Crippen LogP contribution in [-0.2, 0) is 0 Å². The van der Waals surface area contributed by atoms with E-state index in [0.29, 0.717) is 11.1 Å². The second kappa shape index (κ2) is 4.33. The van der Waals surface area contributed by atoms with Crippen molar-refractivity contribution in [3.8, 4) is 0 Å². The fourth-order valence-electron chi connectivity index (χ4n) is 1.68. The van der Waals surface area contributed by atoms with Gasteiger partial charge in [-0.1, -0.05) is 18.2 Å². The lowest BCUT2D eigenvalue weighted by molar-refractivity contribution is -0.138. The fourth-order valence-corrected chi connectivity index (χ4v) is 1.68. The summed E-state index contributed by atoms with van der Waals surface area (Å²) in [7, 11) is 0. The predicted octanol–water partition coefficient (Wildman–Crippen LogP) is 3.19. The molecule has 0 radical (unpaired) electrons. The first-order valence-corrected chi connectivity index (χ1v) is 5.13. The molecule has 0 fully saturated rings. The van der Waals surface area contributed by atoms with Gasteiger partial charge in [0.2, 0.25) is 0 Å².